The van der Waals surface area contributed by atoms with Crippen LogP contribution in [0.5, 0.6) is 0 Å². The van der Waals surface area contributed by atoms with E-state index in [2.05, 4.69) is 78.6 Å². The third-order valence-corrected chi connectivity index (χ3v) is 79.6. The maximum atomic E-state index is 7.49. The Labute approximate surface area is 144 Å². The fourth-order valence-corrected chi connectivity index (χ4v) is 105. The van der Waals surface area contributed by atoms with Gasteiger partial charge in [0, 0.05) is 0 Å². The van der Waals surface area contributed by atoms with Crippen LogP contribution in [0.1, 0.15) is 0 Å². The molecule has 0 heterocycles. The summed E-state index contributed by atoms with van der Waals surface area (Å²) in [6, 6.07) is 0. The van der Waals surface area contributed by atoms with Crippen LogP contribution in [0.25, 0.3) is 0 Å². The van der Waals surface area contributed by atoms with Gasteiger partial charge in [0.1, 0.15) is 0 Å². The van der Waals surface area contributed by atoms with Crippen LogP contribution in [0, 0.1) is 0 Å². The normalized spacial score (nSPS) is 15.6. The van der Waals surface area contributed by atoms with E-state index in [1.165, 1.54) is 0 Å². The summed E-state index contributed by atoms with van der Waals surface area (Å²) in [7, 11) is 2.93. The van der Waals surface area contributed by atoms with Crippen LogP contribution in [0.3, 0.4) is 0 Å². The van der Waals surface area contributed by atoms with E-state index < -0.39 is 52.9 Å². The van der Waals surface area contributed by atoms with Gasteiger partial charge in [-0.2, -0.15) is 0 Å². The molecule has 0 fully saturated rings. The molecule has 0 saturated carbocycles. The van der Waals surface area contributed by atoms with Gasteiger partial charge in [-0.1, -0.05) is 0 Å². The Kier molecular flexibility index (Phi) is 7.58. The summed E-state index contributed by atoms with van der Waals surface area (Å²) < 4.78 is 2.05. The summed E-state index contributed by atoms with van der Waals surface area (Å²) in [5.74, 6) is 0. The summed E-state index contributed by atoms with van der Waals surface area (Å²) in [6.45, 7) is 31.1. The fraction of sp³-hybridized carbons (Fsp3) is 1.00. The third kappa shape index (κ3) is 6.27. The second kappa shape index (κ2) is 6.88. The van der Waals surface area contributed by atoms with Crippen molar-refractivity contribution in [2.75, 3.05) is 0 Å². The summed E-state index contributed by atoms with van der Waals surface area (Å²) in [4.78, 5) is 0. The van der Waals surface area contributed by atoms with Gasteiger partial charge in [-0.3, -0.25) is 0 Å². The zero-order chi connectivity index (χ0) is 16.7. The molecule has 0 radical (unpaired) electrons. The first-order valence-corrected chi connectivity index (χ1v) is 30.4. The molecular weight excluding hydrogens is 525 g/mol. The molecule has 122 valence electrons. The molecule has 20 heavy (non-hydrogen) atoms. The van der Waals surface area contributed by atoms with E-state index in [4.69, 9.17) is 8.51 Å². The number of rotatable bonds is 6. The monoisotopic (exact) mass is 562 g/mol. The average molecular weight is 563 g/mol. The van der Waals surface area contributed by atoms with Crippen molar-refractivity contribution in [1.82, 2.24) is 0 Å². The van der Waals surface area contributed by atoms with Crippen LogP contribution in [0.4, 0.5) is 0 Å². The molecule has 0 amide bonds. The van der Waals surface area contributed by atoms with Crippen molar-refractivity contribution in [2.24, 2.45) is 0 Å². The van der Waals surface area contributed by atoms with Crippen molar-refractivity contribution >= 4 is 61.4 Å². The Balaban J connectivity index is 5.81. The van der Waals surface area contributed by atoms with Gasteiger partial charge in [-0.15, -0.1) is 0 Å². The van der Waals surface area contributed by atoms with E-state index in [0.717, 1.165) is 5.74 Å². The van der Waals surface area contributed by atoms with Crippen LogP contribution in [0.15, 0.2) is 0 Å². The minimum absolute atomic E-state index is 1.02. The van der Waals surface area contributed by atoms with Crippen molar-refractivity contribution < 1.29 is 0 Å². The Morgan fingerprint density at radius 3 is 0.750 bits per heavy atom. The molecule has 0 unspecified atom stereocenters. The van der Waals surface area contributed by atoms with Crippen molar-refractivity contribution in [3.8, 4) is 0 Å². The first-order chi connectivity index (χ1) is 8.40. The standard InChI is InChI=1S/2C7H19Si2.Bi.ClH/c2*1-8(2,3)7-9(4,5)6;;/h2*7H,1-6H3;;1H/q;;+1;/p-1. The molecule has 6 heteroatoms. The van der Waals surface area contributed by atoms with Gasteiger partial charge in [0.05, 0.1) is 0 Å². The molecule has 0 aliphatic carbocycles. The molecule has 0 bridgehead atoms. The SMILES string of the molecule is C[Si](C)(C)[CH]([Bi]([Cl])[CH]([Si](C)(C)C)[Si](C)(C)C)[Si](C)(C)C. The molecule has 0 aromatic rings. The average Bonchev–Trinajstić information content (AvgIpc) is 1.88. The van der Waals surface area contributed by atoms with E-state index in [-0.39, 0.29) is 0 Å². The molecule has 0 nitrogen and oxygen atoms in total. The van der Waals surface area contributed by atoms with Gasteiger partial charge < -0.3 is 0 Å². The Bertz CT molecular complexity index is 260. The van der Waals surface area contributed by atoms with Gasteiger partial charge in [-0.05, 0) is 0 Å². The molecule has 0 aliphatic rings. The predicted octanol–water partition coefficient (Wildman–Crippen LogP) is 6.47. The summed E-state index contributed by atoms with van der Waals surface area (Å²) in [5.41, 5.74) is 0. The summed E-state index contributed by atoms with van der Waals surface area (Å²) in [5, 5.41) is 0. The quantitative estimate of drug-likeness (QED) is 0.326. The van der Waals surface area contributed by atoms with Gasteiger partial charge in [0.2, 0.25) is 0 Å². The topological polar surface area (TPSA) is 0 Å². The van der Waals surface area contributed by atoms with Crippen molar-refractivity contribution in [3.05, 3.63) is 0 Å². The fourth-order valence-electron chi connectivity index (χ4n) is 4.23. The Morgan fingerprint density at radius 2 is 0.650 bits per heavy atom. The van der Waals surface area contributed by atoms with Gasteiger partial charge in [-0.25, -0.2) is 0 Å². The van der Waals surface area contributed by atoms with E-state index in [1.807, 2.05) is 0 Å². The first-order valence-electron chi connectivity index (χ1n) is 7.84. The molecule has 0 aromatic heterocycles. The molecule has 0 spiro atoms. The number of halogens is 1. The van der Waals surface area contributed by atoms with E-state index in [9.17, 15) is 0 Å². The van der Waals surface area contributed by atoms with E-state index in [0.29, 0.717) is 0 Å². The molecule has 0 aliphatic heterocycles. The molecule has 0 saturated heterocycles. The number of hydrogen-bond acceptors (Lipinski definition) is 0. The Hall–Kier alpha value is 2.04. The zero-order valence-corrected chi connectivity index (χ0v) is 24.2. The molecule has 0 atom stereocenters. The minimum atomic E-state index is -1.98. The third-order valence-electron chi connectivity index (χ3n) is 3.77. The van der Waals surface area contributed by atoms with E-state index in [1.54, 1.807) is 0 Å². The van der Waals surface area contributed by atoms with Crippen molar-refractivity contribution in [1.29, 1.82) is 0 Å². The summed E-state index contributed by atoms with van der Waals surface area (Å²) >= 11 is -1.98. The van der Waals surface area contributed by atoms with Crippen LogP contribution in [0.2, 0.25) is 84.3 Å². The molecule has 0 aromatic carbocycles. The second-order valence-corrected chi connectivity index (χ2v) is 51.0. The number of hydrogen-bond donors (Lipinski definition) is 0. The van der Waals surface area contributed by atoms with Crippen LogP contribution in [-0.4, -0.2) is 52.9 Å². The van der Waals surface area contributed by atoms with E-state index >= 15 is 0 Å². The first kappa shape index (κ1) is 22.0. The Morgan fingerprint density at radius 1 is 0.500 bits per heavy atom. The van der Waals surface area contributed by atoms with Crippen LogP contribution in [-0.2, 0) is 0 Å². The molecule has 0 rings (SSSR count). The zero-order valence-electron chi connectivity index (χ0n) is 16.0. The van der Waals surface area contributed by atoms with Crippen molar-refractivity contribution in [2.45, 2.75) is 84.3 Å². The second-order valence-electron chi connectivity index (χ2n) is 10.6. The predicted molar refractivity (Wildman–Crippen MR) is 112 cm³/mol. The van der Waals surface area contributed by atoms with Gasteiger partial charge in [0.15, 0.2) is 0 Å². The molecule has 0 N–H and O–H groups in total. The molecular formula is C14H38BiClSi4. The van der Waals surface area contributed by atoms with Crippen LogP contribution >= 0.6 is 8.51 Å². The van der Waals surface area contributed by atoms with Crippen molar-refractivity contribution in [3.63, 3.8) is 0 Å². The van der Waals surface area contributed by atoms with Crippen LogP contribution < -0.4 is 0 Å². The van der Waals surface area contributed by atoms with Gasteiger partial charge >= 0.3 is 146 Å². The van der Waals surface area contributed by atoms with Gasteiger partial charge in [0.25, 0.3) is 0 Å². The summed E-state index contributed by atoms with van der Waals surface area (Å²) in [6.07, 6.45) is 0. The maximum absolute atomic E-state index is 7.49.